The minimum atomic E-state index is 0.799. The maximum Gasteiger partial charge on any atom is 0.00924 e. The van der Waals surface area contributed by atoms with Gasteiger partial charge in [-0.3, -0.25) is 0 Å². The molecule has 0 heterocycles. The molecule has 76 valence electrons. The highest BCUT2D eigenvalue weighted by molar-refractivity contribution is 4.87. The van der Waals surface area contributed by atoms with Gasteiger partial charge in [0.1, 0.15) is 0 Å². The van der Waals surface area contributed by atoms with E-state index in [1.165, 1.54) is 38.5 Å². The van der Waals surface area contributed by atoms with E-state index >= 15 is 0 Å². The first-order valence-electron chi connectivity index (χ1n) is 5.98. The molecule has 0 radical (unpaired) electrons. The van der Waals surface area contributed by atoms with Gasteiger partial charge < -0.3 is 5.32 Å². The maximum atomic E-state index is 3.51. The van der Waals surface area contributed by atoms with Crippen molar-refractivity contribution in [3.05, 3.63) is 0 Å². The van der Waals surface area contributed by atoms with Crippen molar-refractivity contribution in [1.82, 2.24) is 5.32 Å². The molecule has 0 aliphatic heterocycles. The molecule has 0 bridgehead atoms. The summed E-state index contributed by atoms with van der Waals surface area (Å²) in [5.74, 6) is 3.07. The van der Waals surface area contributed by atoms with Gasteiger partial charge in [0, 0.05) is 6.04 Å². The van der Waals surface area contributed by atoms with Crippen molar-refractivity contribution in [2.24, 2.45) is 17.8 Å². The molecule has 2 aliphatic rings. The first-order chi connectivity index (χ1) is 6.31. The van der Waals surface area contributed by atoms with Crippen molar-refractivity contribution in [1.29, 1.82) is 0 Å². The molecule has 0 aromatic carbocycles. The summed E-state index contributed by atoms with van der Waals surface area (Å²) in [6.07, 6.45) is 8.88. The van der Waals surface area contributed by atoms with Crippen LogP contribution in [0, 0.1) is 17.8 Å². The van der Waals surface area contributed by atoms with Gasteiger partial charge in [0.05, 0.1) is 0 Å². The minimum Gasteiger partial charge on any atom is -0.317 e. The average molecular weight is 181 g/mol. The highest BCUT2D eigenvalue weighted by Gasteiger charge is 2.33. The average Bonchev–Trinajstić information content (AvgIpc) is 3.00. The topological polar surface area (TPSA) is 12.0 Å². The van der Waals surface area contributed by atoms with Gasteiger partial charge in [0.2, 0.25) is 0 Å². The summed E-state index contributed by atoms with van der Waals surface area (Å²) in [5.41, 5.74) is 0. The second kappa shape index (κ2) is 4.00. The Balaban J connectivity index is 1.70. The van der Waals surface area contributed by atoms with Crippen molar-refractivity contribution in [2.45, 2.75) is 51.5 Å². The minimum absolute atomic E-state index is 0.799. The van der Waals surface area contributed by atoms with Crippen LogP contribution in [0.5, 0.6) is 0 Å². The fourth-order valence-electron chi connectivity index (χ4n) is 2.44. The van der Waals surface area contributed by atoms with Crippen LogP contribution in [-0.2, 0) is 0 Å². The Morgan fingerprint density at radius 1 is 1.23 bits per heavy atom. The lowest BCUT2D eigenvalue weighted by atomic mass is 9.92. The molecule has 2 fully saturated rings. The van der Waals surface area contributed by atoms with Gasteiger partial charge >= 0.3 is 0 Å². The number of hydrogen-bond acceptors (Lipinski definition) is 1. The summed E-state index contributed by atoms with van der Waals surface area (Å²) in [4.78, 5) is 0. The maximum absolute atomic E-state index is 3.51. The molecule has 0 amide bonds. The Labute approximate surface area is 82.3 Å². The third kappa shape index (κ3) is 2.70. The summed E-state index contributed by atoms with van der Waals surface area (Å²) in [6, 6.07) is 0.799. The van der Waals surface area contributed by atoms with Crippen LogP contribution in [0.4, 0.5) is 0 Å². The van der Waals surface area contributed by atoms with Crippen LogP contribution in [0.3, 0.4) is 0 Å². The first-order valence-corrected chi connectivity index (χ1v) is 5.98. The van der Waals surface area contributed by atoms with E-state index in [0.29, 0.717) is 0 Å². The van der Waals surface area contributed by atoms with Crippen molar-refractivity contribution < 1.29 is 0 Å². The Morgan fingerprint density at radius 2 is 1.92 bits per heavy atom. The molecule has 1 heteroatoms. The van der Waals surface area contributed by atoms with Gasteiger partial charge in [-0.1, -0.05) is 19.8 Å². The van der Waals surface area contributed by atoms with Gasteiger partial charge in [-0.25, -0.2) is 0 Å². The molecular formula is C12H23N. The second-order valence-corrected chi connectivity index (χ2v) is 5.11. The third-order valence-corrected chi connectivity index (χ3v) is 3.95. The lowest BCUT2D eigenvalue weighted by Crippen LogP contribution is -2.33. The van der Waals surface area contributed by atoms with Gasteiger partial charge in [0.25, 0.3) is 0 Å². The van der Waals surface area contributed by atoms with E-state index in [-0.39, 0.29) is 0 Å². The summed E-state index contributed by atoms with van der Waals surface area (Å²) in [5, 5.41) is 3.51. The molecular weight excluding hydrogens is 158 g/mol. The molecule has 2 saturated carbocycles. The molecule has 1 nitrogen and oxygen atoms in total. The third-order valence-electron chi connectivity index (χ3n) is 3.95. The van der Waals surface area contributed by atoms with Gasteiger partial charge in [0.15, 0.2) is 0 Å². The van der Waals surface area contributed by atoms with Crippen LogP contribution in [-0.4, -0.2) is 13.1 Å². The smallest absolute Gasteiger partial charge is 0.00924 e. The number of hydrogen-bond donors (Lipinski definition) is 1. The summed E-state index contributed by atoms with van der Waals surface area (Å²) in [7, 11) is 2.14. The molecule has 2 unspecified atom stereocenters. The Kier molecular flexibility index (Phi) is 2.92. The van der Waals surface area contributed by atoms with E-state index < -0.39 is 0 Å². The van der Waals surface area contributed by atoms with Crippen LogP contribution >= 0.6 is 0 Å². The largest absolute Gasteiger partial charge is 0.317 e. The van der Waals surface area contributed by atoms with E-state index in [4.69, 9.17) is 0 Å². The molecule has 0 aromatic heterocycles. The quantitative estimate of drug-likeness (QED) is 0.664. The Bertz CT molecular complexity index is 159. The van der Waals surface area contributed by atoms with Crippen LogP contribution in [0.25, 0.3) is 0 Å². The highest BCUT2D eigenvalue weighted by atomic mass is 14.9. The van der Waals surface area contributed by atoms with Crippen molar-refractivity contribution in [2.75, 3.05) is 7.05 Å². The summed E-state index contributed by atoms with van der Waals surface area (Å²) < 4.78 is 0. The van der Waals surface area contributed by atoms with E-state index in [0.717, 1.165) is 23.8 Å². The molecule has 2 rings (SSSR count). The van der Waals surface area contributed by atoms with Crippen molar-refractivity contribution >= 4 is 0 Å². The highest BCUT2D eigenvalue weighted by Crippen LogP contribution is 2.40. The lowest BCUT2D eigenvalue weighted by Gasteiger charge is -2.23. The molecule has 2 atom stereocenters. The fraction of sp³-hybridized carbons (Fsp3) is 1.00. The Morgan fingerprint density at radius 3 is 2.38 bits per heavy atom. The zero-order chi connectivity index (χ0) is 9.26. The summed E-state index contributed by atoms with van der Waals surface area (Å²) in [6.45, 7) is 2.44. The van der Waals surface area contributed by atoms with Crippen molar-refractivity contribution in [3.8, 4) is 0 Å². The van der Waals surface area contributed by atoms with Gasteiger partial charge in [-0.05, 0) is 50.5 Å². The second-order valence-electron chi connectivity index (χ2n) is 5.11. The lowest BCUT2D eigenvalue weighted by molar-refractivity contribution is 0.331. The summed E-state index contributed by atoms with van der Waals surface area (Å²) >= 11 is 0. The fourth-order valence-corrected chi connectivity index (χ4v) is 2.44. The first kappa shape index (κ1) is 9.51. The molecule has 0 saturated heterocycles. The standard InChI is InChI=1S/C12H23N/c1-9(11-6-7-11)12(13-2)8-5-10-3-4-10/h9-13H,3-8H2,1-2H3. The van der Waals surface area contributed by atoms with E-state index in [9.17, 15) is 0 Å². The SMILES string of the molecule is CNC(CCC1CC1)C(C)C1CC1. The molecule has 13 heavy (non-hydrogen) atoms. The predicted molar refractivity (Wildman–Crippen MR) is 56.7 cm³/mol. The molecule has 1 N–H and O–H groups in total. The van der Waals surface area contributed by atoms with Gasteiger partial charge in [-0.15, -0.1) is 0 Å². The van der Waals surface area contributed by atoms with Crippen LogP contribution < -0.4 is 5.32 Å². The number of rotatable bonds is 6. The normalized spacial score (nSPS) is 27.2. The van der Waals surface area contributed by atoms with E-state index in [1.807, 2.05) is 0 Å². The van der Waals surface area contributed by atoms with Gasteiger partial charge in [-0.2, -0.15) is 0 Å². The van der Waals surface area contributed by atoms with Crippen LogP contribution in [0.2, 0.25) is 0 Å². The van der Waals surface area contributed by atoms with Crippen LogP contribution in [0.15, 0.2) is 0 Å². The zero-order valence-corrected chi connectivity index (χ0v) is 9.05. The molecule has 0 spiro atoms. The number of nitrogens with one attached hydrogen (secondary N) is 1. The zero-order valence-electron chi connectivity index (χ0n) is 9.05. The predicted octanol–water partition coefficient (Wildman–Crippen LogP) is 2.81. The van der Waals surface area contributed by atoms with E-state index in [2.05, 4.69) is 19.3 Å². The Hall–Kier alpha value is -0.0400. The van der Waals surface area contributed by atoms with Crippen LogP contribution in [0.1, 0.15) is 45.4 Å². The molecule has 2 aliphatic carbocycles. The monoisotopic (exact) mass is 181 g/mol. The molecule has 0 aromatic rings. The van der Waals surface area contributed by atoms with Crippen molar-refractivity contribution in [3.63, 3.8) is 0 Å². The van der Waals surface area contributed by atoms with E-state index in [1.54, 1.807) is 0 Å².